The molecule has 5 heterocycles. The van der Waals surface area contributed by atoms with Gasteiger partial charge in [-0.2, -0.15) is 4.52 Å². The van der Waals surface area contributed by atoms with Crippen molar-refractivity contribution in [2.75, 3.05) is 0 Å². The van der Waals surface area contributed by atoms with E-state index in [0.29, 0.717) is 21.2 Å². The minimum atomic E-state index is 0.661. The number of halogens is 1. The molecule has 0 fully saturated rings. The fourth-order valence-electron chi connectivity index (χ4n) is 2.68. The van der Waals surface area contributed by atoms with E-state index < -0.39 is 0 Å². The molecule has 0 bridgehead atoms. The maximum absolute atomic E-state index is 5.58. The minimum Gasteiger partial charge on any atom is -0.447 e. The predicted octanol–water partition coefficient (Wildman–Crippen LogP) is 3.83. The van der Waals surface area contributed by atoms with Gasteiger partial charge in [0, 0.05) is 6.20 Å². The Morgan fingerprint density at radius 2 is 2.08 bits per heavy atom. The lowest BCUT2D eigenvalue weighted by Crippen LogP contribution is -1.96. The Kier molecular flexibility index (Phi) is 2.88. The van der Waals surface area contributed by atoms with Crippen LogP contribution in [-0.2, 0) is 0 Å². The highest BCUT2D eigenvalue weighted by atomic mass is 79.9. The zero-order chi connectivity index (χ0) is 16.3. The second-order valence-corrected chi connectivity index (χ2v) is 6.94. The van der Waals surface area contributed by atoms with Crippen LogP contribution in [0.1, 0.15) is 5.69 Å². The van der Waals surface area contributed by atoms with Crippen molar-refractivity contribution in [1.29, 1.82) is 0 Å². The van der Waals surface area contributed by atoms with Crippen molar-refractivity contribution in [3.05, 3.63) is 46.9 Å². The standard InChI is InChI=1S/C15H9BrN6OS/c1-8-12(21-7-3-2-4-11(21)17-8)13-18-19-15-22(13)20-14(24-15)9-5-6-10(16)23-9/h2-7H,1H3. The molecule has 0 aliphatic heterocycles. The van der Waals surface area contributed by atoms with Crippen molar-refractivity contribution in [2.45, 2.75) is 6.92 Å². The summed E-state index contributed by atoms with van der Waals surface area (Å²) in [6, 6.07) is 9.59. The van der Waals surface area contributed by atoms with E-state index in [-0.39, 0.29) is 0 Å². The lowest BCUT2D eigenvalue weighted by atomic mass is 10.3. The molecule has 0 radical (unpaired) electrons. The highest BCUT2D eigenvalue weighted by Gasteiger charge is 2.20. The summed E-state index contributed by atoms with van der Waals surface area (Å²) in [6.07, 6.45) is 1.96. The summed E-state index contributed by atoms with van der Waals surface area (Å²) in [6.45, 7) is 1.96. The molecule has 0 amide bonds. The number of pyridine rings is 1. The Hall–Kier alpha value is -2.52. The van der Waals surface area contributed by atoms with Crippen LogP contribution in [-0.4, -0.2) is 29.2 Å². The van der Waals surface area contributed by atoms with Crippen LogP contribution >= 0.6 is 27.3 Å². The van der Waals surface area contributed by atoms with Gasteiger partial charge in [-0.3, -0.25) is 4.40 Å². The first-order chi connectivity index (χ1) is 11.7. The molecular weight excluding hydrogens is 392 g/mol. The van der Waals surface area contributed by atoms with E-state index in [1.54, 1.807) is 4.52 Å². The quantitative estimate of drug-likeness (QED) is 0.450. The average molecular weight is 401 g/mol. The summed E-state index contributed by atoms with van der Waals surface area (Å²) in [7, 11) is 0. The van der Waals surface area contributed by atoms with Crippen molar-refractivity contribution in [2.24, 2.45) is 0 Å². The first-order valence-corrected chi connectivity index (χ1v) is 8.73. The molecule has 118 valence electrons. The fourth-order valence-corrected chi connectivity index (χ4v) is 3.78. The summed E-state index contributed by atoms with van der Waals surface area (Å²) >= 11 is 4.74. The Morgan fingerprint density at radius 3 is 2.92 bits per heavy atom. The molecule has 0 saturated carbocycles. The molecule has 7 nitrogen and oxygen atoms in total. The lowest BCUT2D eigenvalue weighted by molar-refractivity contribution is 0.554. The Labute approximate surface area is 147 Å². The van der Waals surface area contributed by atoms with Gasteiger partial charge in [0.25, 0.3) is 0 Å². The second-order valence-electron chi connectivity index (χ2n) is 5.20. The van der Waals surface area contributed by atoms with E-state index in [1.165, 1.54) is 11.3 Å². The van der Waals surface area contributed by atoms with Gasteiger partial charge in [-0.25, -0.2) is 4.98 Å². The number of nitrogens with zero attached hydrogens (tertiary/aromatic N) is 6. The van der Waals surface area contributed by atoms with Crippen LogP contribution in [0.2, 0.25) is 0 Å². The van der Waals surface area contributed by atoms with Crippen LogP contribution in [0.25, 0.3) is 32.9 Å². The maximum Gasteiger partial charge on any atom is 0.235 e. The average Bonchev–Trinajstić information content (AvgIpc) is 3.29. The fraction of sp³-hybridized carbons (Fsp3) is 0.0667. The van der Waals surface area contributed by atoms with Crippen LogP contribution in [0.4, 0.5) is 0 Å². The van der Waals surface area contributed by atoms with Crippen molar-refractivity contribution >= 4 is 37.9 Å². The van der Waals surface area contributed by atoms with E-state index in [9.17, 15) is 0 Å². The van der Waals surface area contributed by atoms with Gasteiger partial charge in [0.1, 0.15) is 11.3 Å². The number of imidazole rings is 1. The molecule has 0 aliphatic carbocycles. The van der Waals surface area contributed by atoms with Crippen molar-refractivity contribution in [1.82, 2.24) is 29.2 Å². The maximum atomic E-state index is 5.58. The van der Waals surface area contributed by atoms with Gasteiger partial charge >= 0.3 is 0 Å². The molecule has 9 heteroatoms. The van der Waals surface area contributed by atoms with E-state index in [0.717, 1.165) is 22.0 Å². The van der Waals surface area contributed by atoms with E-state index >= 15 is 0 Å². The van der Waals surface area contributed by atoms with Crippen LogP contribution in [0.3, 0.4) is 0 Å². The third kappa shape index (κ3) is 1.95. The van der Waals surface area contributed by atoms with Gasteiger partial charge in [0.15, 0.2) is 15.4 Å². The Bertz CT molecular complexity index is 1200. The summed E-state index contributed by atoms with van der Waals surface area (Å²) in [5.41, 5.74) is 2.63. The molecule has 0 aliphatic rings. The Balaban J connectivity index is 1.75. The van der Waals surface area contributed by atoms with Crippen LogP contribution in [0.5, 0.6) is 0 Å². The van der Waals surface area contributed by atoms with E-state index in [4.69, 9.17) is 4.42 Å². The van der Waals surface area contributed by atoms with Crippen molar-refractivity contribution < 1.29 is 4.42 Å². The van der Waals surface area contributed by atoms with Gasteiger partial charge in [0.2, 0.25) is 10.8 Å². The smallest absolute Gasteiger partial charge is 0.235 e. The number of aromatic nitrogens is 6. The number of rotatable bonds is 2. The highest BCUT2D eigenvalue weighted by molar-refractivity contribution is 9.10. The van der Waals surface area contributed by atoms with E-state index in [1.807, 2.05) is 47.9 Å². The largest absolute Gasteiger partial charge is 0.447 e. The molecule has 24 heavy (non-hydrogen) atoms. The van der Waals surface area contributed by atoms with Crippen LogP contribution in [0.15, 0.2) is 45.6 Å². The molecule has 5 aromatic heterocycles. The SMILES string of the molecule is Cc1nc2ccccn2c1-c1nnc2sc(-c3ccc(Br)o3)nn12. The van der Waals surface area contributed by atoms with Crippen molar-refractivity contribution in [3.63, 3.8) is 0 Å². The zero-order valence-corrected chi connectivity index (χ0v) is 14.7. The lowest BCUT2D eigenvalue weighted by Gasteiger charge is -1.99. The predicted molar refractivity (Wildman–Crippen MR) is 93.0 cm³/mol. The van der Waals surface area contributed by atoms with Crippen molar-refractivity contribution in [3.8, 4) is 22.3 Å². The Morgan fingerprint density at radius 1 is 1.17 bits per heavy atom. The molecular formula is C15H9BrN6OS. The van der Waals surface area contributed by atoms with Gasteiger partial charge in [-0.1, -0.05) is 17.4 Å². The molecule has 0 spiro atoms. The minimum absolute atomic E-state index is 0.661. The zero-order valence-electron chi connectivity index (χ0n) is 12.3. The molecule has 0 saturated heterocycles. The molecule has 0 aromatic carbocycles. The molecule has 5 aromatic rings. The monoisotopic (exact) mass is 400 g/mol. The number of hydrogen-bond acceptors (Lipinski definition) is 6. The molecule has 0 unspecified atom stereocenters. The van der Waals surface area contributed by atoms with Gasteiger partial charge in [-0.15, -0.1) is 15.3 Å². The number of fused-ring (bicyclic) bond motifs is 2. The summed E-state index contributed by atoms with van der Waals surface area (Å²) in [5, 5.41) is 13.9. The van der Waals surface area contributed by atoms with Gasteiger partial charge < -0.3 is 4.42 Å². The normalized spacial score (nSPS) is 11.8. The number of hydrogen-bond donors (Lipinski definition) is 0. The van der Waals surface area contributed by atoms with Gasteiger partial charge in [0.05, 0.1) is 5.69 Å². The highest BCUT2D eigenvalue weighted by Crippen LogP contribution is 2.31. The number of aryl methyl sites for hydroxylation is 1. The summed E-state index contributed by atoms with van der Waals surface area (Å²) in [4.78, 5) is 5.28. The topological polar surface area (TPSA) is 73.5 Å². The summed E-state index contributed by atoms with van der Waals surface area (Å²) < 4.78 is 9.98. The second kappa shape index (κ2) is 4.99. The van der Waals surface area contributed by atoms with E-state index in [2.05, 4.69) is 36.2 Å². The van der Waals surface area contributed by atoms with Gasteiger partial charge in [-0.05, 0) is 47.1 Å². The molecule has 5 rings (SSSR count). The first kappa shape index (κ1) is 13.9. The summed E-state index contributed by atoms with van der Waals surface area (Å²) in [5.74, 6) is 1.35. The van der Waals surface area contributed by atoms with Crippen LogP contribution in [0, 0.1) is 6.92 Å². The first-order valence-electron chi connectivity index (χ1n) is 7.13. The van der Waals surface area contributed by atoms with Crippen LogP contribution < -0.4 is 0 Å². The molecule has 0 atom stereocenters. The third-order valence-electron chi connectivity index (χ3n) is 3.69. The third-order valence-corrected chi connectivity index (χ3v) is 5.03. The number of furan rings is 1. The molecule has 0 N–H and O–H groups in total.